The molecule has 144 valence electrons. The lowest BCUT2D eigenvalue weighted by atomic mass is 10.1. The lowest BCUT2D eigenvalue weighted by Gasteiger charge is -2.18. The molecule has 6 nitrogen and oxygen atoms in total. The highest BCUT2D eigenvalue weighted by atomic mass is 127. The van der Waals surface area contributed by atoms with Crippen molar-refractivity contribution in [1.29, 1.82) is 0 Å². The van der Waals surface area contributed by atoms with Crippen LogP contribution in [0.1, 0.15) is 25.0 Å². The van der Waals surface area contributed by atoms with Crippen LogP contribution in [0.2, 0.25) is 0 Å². The summed E-state index contributed by atoms with van der Waals surface area (Å²) >= 11 is 0. The molecule has 1 aromatic rings. The third-order valence-electron chi connectivity index (χ3n) is 3.66. The number of nitrogens with zero attached hydrogens (tertiary/aromatic N) is 2. The summed E-state index contributed by atoms with van der Waals surface area (Å²) in [5, 5.41) is 16.7. The molecule has 0 saturated carbocycles. The van der Waals surface area contributed by atoms with Crippen molar-refractivity contribution in [3.05, 3.63) is 35.9 Å². The van der Waals surface area contributed by atoms with Crippen molar-refractivity contribution >= 4 is 29.9 Å². The fraction of sp³-hybridized carbons (Fsp3) is 0.611. The number of likely N-dealkylation sites (N-methyl/N-ethyl adjacent to an activating group) is 1. The van der Waals surface area contributed by atoms with Gasteiger partial charge in [0.05, 0.1) is 12.7 Å². The summed E-state index contributed by atoms with van der Waals surface area (Å²) in [6, 6.07) is 9.70. The molecule has 3 N–H and O–H groups in total. The Bertz CT molecular complexity index is 460. The number of benzene rings is 1. The van der Waals surface area contributed by atoms with Crippen molar-refractivity contribution in [1.82, 2.24) is 15.5 Å². The molecule has 0 radical (unpaired) electrons. The van der Waals surface area contributed by atoms with Gasteiger partial charge in [-0.2, -0.15) is 0 Å². The van der Waals surface area contributed by atoms with E-state index in [1.54, 1.807) is 7.11 Å². The summed E-state index contributed by atoms with van der Waals surface area (Å²) in [7, 11) is 3.78. The van der Waals surface area contributed by atoms with Crippen LogP contribution in [0.5, 0.6) is 0 Å². The molecule has 0 saturated heterocycles. The summed E-state index contributed by atoms with van der Waals surface area (Å²) in [4.78, 5) is 6.74. The van der Waals surface area contributed by atoms with Crippen LogP contribution in [0, 0.1) is 0 Å². The lowest BCUT2D eigenvalue weighted by Crippen LogP contribution is -2.41. The van der Waals surface area contributed by atoms with Crippen LogP contribution in [0.3, 0.4) is 0 Å². The van der Waals surface area contributed by atoms with Crippen molar-refractivity contribution in [3.63, 3.8) is 0 Å². The van der Waals surface area contributed by atoms with Gasteiger partial charge in [-0.05, 0) is 26.0 Å². The highest BCUT2D eigenvalue weighted by Crippen LogP contribution is 2.15. The number of aliphatic hydroxyl groups excluding tert-OH is 1. The molecule has 7 heteroatoms. The second-order valence-corrected chi connectivity index (χ2v) is 5.70. The van der Waals surface area contributed by atoms with E-state index in [0.29, 0.717) is 13.0 Å². The van der Waals surface area contributed by atoms with E-state index in [2.05, 4.69) is 27.6 Å². The molecule has 0 bridgehead atoms. The number of halogens is 1. The Kier molecular flexibility index (Phi) is 14.8. The van der Waals surface area contributed by atoms with Gasteiger partial charge < -0.3 is 25.4 Å². The van der Waals surface area contributed by atoms with Gasteiger partial charge in [0.2, 0.25) is 0 Å². The highest BCUT2D eigenvalue weighted by Gasteiger charge is 2.06. The first-order chi connectivity index (χ1) is 11.7. The summed E-state index contributed by atoms with van der Waals surface area (Å²) in [5.41, 5.74) is 0.936. The van der Waals surface area contributed by atoms with Gasteiger partial charge in [0.25, 0.3) is 0 Å². The van der Waals surface area contributed by atoms with Crippen molar-refractivity contribution in [2.75, 3.05) is 53.5 Å². The third kappa shape index (κ3) is 11.4. The zero-order chi connectivity index (χ0) is 17.6. The minimum atomic E-state index is -0.474. The Labute approximate surface area is 169 Å². The van der Waals surface area contributed by atoms with Crippen molar-refractivity contribution in [2.45, 2.75) is 19.4 Å². The molecule has 0 aliphatic heterocycles. The zero-order valence-electron chi connectivity index (χ0n) is 15.6. The van der Waals surface area contributed by atoms with Gasteiger partial charge in [-0.25, -0.2) is 0 Å². The first-order valence-corrected chi connectivity index (χ1v) is 8.60. The molecule has 1 unspecified atom stereocenters. The van der Waals surface area contributed by atoms with E-state index in [1.165, 1.54) is 0 Å². The summed E-state index contributed by atoms with van der Waals surface area (Å²) in [6.45, 7) is 6.81. The number of hydrogen-bond acceptors (Lipinski definition) is 4. The number of nitrogens with one attached hydrogen (secondary N) is 2. The maximum absolute atomic E-state index is 10.2. The maximum atomic E-state index is 10.2. The van der Waals surface area contributed by atoms with Gasteiger partial charge in [0.15, 0.2) is 5.96 Å². The quantitative estimate of drug-likeness (QED) is 0.265. The minimum Gasteiger partial charge on any atom is -0.388 e. The Morgan fingerprint density at radius 2 is 1.96 bits per heavy atom. The van der Waals surface area contributed by atoms with Crippen LogP contribution < -0.4 is 10.6 Å². The van der Waals surface area contributed by atoms with E-state index < -0.39 is 6.10 Å². The van der Waals surface area contributed by atoms with Gasteiger partial charge in [0.1, 0.15) is 0 Å². The van der Waals surface area contributed by atoms with E-state index in [-0.39, 0.29) is 24.0 Å². The number of rotatable bonds is 11. The topological polar surface area (TPSA) is 69.1 Å². The van der Waals surface area contributed by atoms with Crippen molar-refractivity contribution < 1.29 is 9.84 Å². The van der Waals surface area contributed by atoms with E-state index in [1.807, 2.05) is 37.3 Å². The molecule has 0 aliphatic carbocycles. The Morgan fingerprint density at radius 1 is 1.24 bits per heavy atom. The number of hydrogen-bond donors (Lipinski definition) is 3. The second kappa shape index (κ2) is 15.4. The number of guanidine groups is 1. The number of ether oxygens (including phenoxy) is 1. The molecule has 0 aromatic heterocycles. The largest absolute Gasteiger partial charge is 0.388 e. The molecule has 0 spiro atoms. The first kappa shape index (κ1) is 24.1. The monoisotopic (exact) mass is 464 g/mol. The normalized spacial score (nSPS) is 12.6. The van der Waals surface area contributed by atoms with Crippen LogP contribution in [0.25, 0.3) is 0 Å². The van der Waals surface area contributed by atoms with Gasteiger partial charge >= 0.3 is 0 Å². The molecule has 25 heavy (non-hydrogen) atoms. The standard InChI is InChI=1S/C18H32N4O2.HI/c1-4-19-18(21-12-13-22(2)14-15-24-3)20-11-10-17(23)16-8-6-5-7-9-16;/h5-9,17,23H,4,10-15H2,1-3H3,(H2,19,20,21);1H. The molecule has 0 amide bonds. The average Bonchev–Trinajstić information content (AvgIpc) is 2.60. The highest BCUT2D eigenvalue weighted by molar-refractivity contribution is 14.0. The van der Waals surface area contributed by atoms with Gasteiger partial charge in [-0.15, -0.1) is 24.0 Å². The number of methoxy groups -OCH3 is 1. The van der Waals surface area contributed by atoms with Crippen LogP contribution in [0.4, 0.5) is 0 Å². The van der Waals surface area contributed by atoms with E-state index in [4.69, 9.17) is 4.74 Å². The molecule has 0 aliphatic rings. The fourth-order valence-corrected chi connectivity index (χ4v) is 2.21. The molecule has 1 atom stereocenters. The average molecular weight is 464 g/mol. The number of aliphatic hydroxyl groups is 1. The fourth-order valence-electron chi connectivity index (χ4n) is 2.21. The van der Waals surface area contributed by atoms with Gasteiger partial charge in [0, 0.05) is 39.8 Å². The third-order valence-corrected chi connectivity index (χ3v) is 3.66. The Morgan fingerprint density at radius 3 is 2.60 bits per heavy atom. The molecule has 1 rings (SSSR count). The zero-order valence-corrected chi connectivity index (χ0v) is 17.9. The minimum absolute atomic E-state index is 0. The van der Waals surface area contributed by atoms with E-state index >= 15 is 0 Å². The Balaban J connectivity index is 0.00000576. The number of aliphatic imine (C=N–C) groups is 1. The smallest absolute Gasteiger partial charge is 0.191 e. The molecule has 0 fully saturated rings. The van der Waals surface area contributed by atoms with Crippen molar-refractivity contribution in [2.24, 2.45) is 4.99 Å². The van der Waals surface area contributed by atoms with Crippen LogP contribution in [-0.4, -0.2) is 69.5 Å². The maximum Gasteiger partial charge on any atom is 0.191 e. The first-order valence-electron chi connectivity index (χ1n) is 8.60. The van der Waals surface area contributed by atoms with Gasteiger partial charge in [-0.3, -0.25) is 4.99 Å². The lowest BCUT2D eigenvalue weighted by molar-refractivity contribution is 0.162. The summed E-state index contributed by atoms with van der Waals surface area (Å²) < 4.78 is 5.07. The van der Waals surface area contributed by atoms with Crippen LogP contribution >= 0.6 is 24.0 Å². The van der Waals surface area contributed by atoms with Crippen LogP contribution in [0.15, 0.2) is 35.3 Å². The predicted molar refractivity (Wildman–Crippen MR) is 115 cm³/mol. The second-order valence-electron chi connectivity index (χ2n) is 5.70. The van der Waals surface area contributed by atoms with E-state index in [0.717, 1.165) is 44.3 Å². The van der Waals surface area contributed by atoms with Crippen LogP contribution in [-0.2, 0) is 4.74 Å². The summed E-state index contributed by atoms with van der Waals surface area (Å²) in [5.74, 6) is 0.790. The SMILES string of the molecule is CCNC(=NCCC(O)c1ccccc1)NCCN(C)CCOC.I. The molecule has 0 heterocycles. The molecule has 1 aromatic carbocycles. The molecular weight excluding hydrogens is 431 g/mol. The molecular formula is C18H33IN4O2. The Hall–Kier alpha value is -0.900. The van der Waals surface area contributed by atoms with Gasteiger partial charge in [-0.1, -0.05) is 30.3 Å². The summed E-state index contributed by atoms with van der Waals surface area (Å²) in [6.07, 6.45) is 0.131. The predicted octanol–water partition coefficient (Wildman–Crippen LogP) is 1.86. The van der Waals surface area contributed by atoms with Crippen molar-refractivity contribution in [3.8, 4) is 0 Å². The van der Waals surface area contributed by atoms with E-state index in [9.17, 15) is 5.11 Å².